The fourth-order valence-corrected chi connectivity index (χ4v) is 1.54. The van der Waals surface area contributed by atoms with E-state index in [-0.39, 0.29) is 5.91 Å². The molecular formula is C15H22N2O3. The van der Waals surface area contributed by atoms with Gasteiger partial charge in [-0.3, -0.25) is 4.79 Å². The number of nitrogens with two attached hydrogens (primary N) is 1. The summed E-state index contributed by atoms with van der Waals surface area (Å²) in [5, 5.41) is 11.9. The lowest BCUT2D eigenvalue weighted by Crippen LogP contribution is -2.56. The highest BCUT2D eigenvalue weighted by atomic mass is 16.4. The van der Waals surface area contributed by atoms with Crippen molar-refractivity contribution in [2.24, 2.45) is 11.1 Å². The number of amides is 1. The monoisotopic (exact) mass is 278 g/mol. The Hall–Kier alpha value is -1.88. The molecule has 0 aliphatic heterocycles. The summed E-state index contributed by atoms with van der Waals surface area (Å²) in [6.07, 6.45) is 0. The molecule has 0 radical (unpaired) electrons. The zero-order valence-electron chi connectivity index (χ0n) is 12.3. The van der Waals surface area contributed by atoms with Gasteiger partial charge in [-0.2, -0.15) is 0 Å². The minimum atomic E-state index is -1.10. The number of nitrogens with one attached hydrogen (secondary N) is 1. The van der Waals surface area contributed by atoms with Gasteiger partial charge in [0.1, 0.15) is 0 Å². The minimum absolute atomic E-state index is 0.388. The Kier molecular flexibility index (Phi) is 4.55. The molecule has 1 aromatic rings. The third-order valence-corrected chi connectivity index (χ3v) is 3.83. The molecule has 0 aromatic heterocycles. The third kappa shape index (κ3) is 3.36. The van der Waals surface area contributed by atoms with Gasteiger partial charge < -0.3 is 16.2 Å². The summed E-state index contributed by atoms with van der Waals surface area (Å²) in [5.74, 6) is -1.49. The summed E-state index contributed by atoms with van der Waals surface area (Å²) in [7, 11) is 0. The van der Waals surface area contributed by atoms with Crippen LogP contribution in [0.25, 0.3) is 0 Å². The van der Waals surface area contributed by atoms with Gasteiger partial charge in [0.05, 0.1) is 5.41 Å². The first-order valence-corrected chi connectivity index (χ1v) is 6.45. The highest BCUT2D eigenvalue weighted by Gasteiger charge is 2.41. The molecule has 20 heavy (non-hydrogen) atoms. The maximum absolute atomic E-state index is 12.3. The van der Waals surface area contributed by atoms with Gasteiger partial charge in [-0.05, 0) is 33.3 Å². The van der Waals surface area contributed by atoms with Gasteiger partial charge in [0.2, 0.25) is 5.91 Å². The van der Waals surface area contributed by atoms with E-state index in [0.29, 0.717) is 5.56 Å². The first-order chi connectivity index (χ1) is 9.07. The first-order valence-electron chi connectivity index (χ1n) is 6.45. The predicted octanol–water partition coefficient (Wildman–Crippen LogP) is 1.69. The van der Waals surface area contributed by atoms with Gasteiger partial charge >= 0.3 is 5.97 Å². The molecule has 1 atom stereocenters. The maximum atomic E-state index is 12.3. The summed E-state index contributed by atoms with van der Waals surface area (Å²) in [4.78, 5) is 23.7. The number of aliphatic carboxylic acids is 1. The number of carboxylic acids is 1. The topological polar surface area (TPSA) is 92.4 Å². The molecule has 110 valence electrons. The van der Waals surface area contributed by atoms with Gasteiger partial charge in [0.15, 0.2) is 6.04 Å². The molecule has 0 saturated carbocycles. The van der Waals surface area contributed by atoms with E-state index in [1.165, 1.54) is 0 Å². The molecule has 4 N–H and O–H groups in total. The molecule has 0 bridgehead atoms. The Labute approximate surface area is 119 Å². The van der Waals surface area contributed by atoms with Gasteiger partial charge in [0, 0.05) is 5.54 Å². The number of hydrogen-bond acceptors (Lipinski definition) is 3. The molecule has 0 saturated heterocycles. The van der Waals surface area contributed by atoms with Gasteiger partial charge in [-0.15, -0.1) is 0 Å². The van der Waals surface area contributed by atoms with E-state index < -0.39 is 23.0 Å². The Balaban J connectivity index is 2.99. The van der Waals surface area contributed by atoms with Crippen molar-refractivity contribution in [2.75, 3.05) is 0 Å². The molecule has 0 spiro atoms. The molecule has 1 amide bonds. The fourth-order valence-electron chi connectivity index (χ4n) is 1.54. The fraction of sp³-hybridized carbons (Fsp3) is 0.467. The molecule has 0 heterocycles. The van der Waals surface area contributed by atoms with Crippen molar-refractivity contribution in [3.8, 4) is 0 Å². The minimum Gasteiger partial charge on any atom is -0.479 e. The number of carboxylic acid groups (broad SMARTS) is 1. The molecule has 0 aliphatic carbocycles. The second-order valence-electron chi connectivity index (χ2n) is 6.00. The normalized spacial score (nSPS) is 13.7. The van der Waals surface area contributed by atoms with E-state index in [1.54, 1.807) is 58.0 Å². The SMILES string of the molecule is CC(C)(N)C(C)(C)C(=O)N[C@H](C(=O)O)c1ccccc1. The predicted molar refractivity (Wildman–Crippen MR) is 77.0 cm³/mol. The van der Waals surface area contributed by atoms with Crippen LogP contribution in [0.15, 0.2) is 30.3 Å². The van der Waals surface area contributed by atoms with E-state index in [0.717, 1.165) is 0 Å². The molecule has 5 nitrogen and oxygen atoms in total. The molecule has 1 rings (SSSR count). The van der Waals surface area contributed by atoms with E-state index in [2.05, 4.69) is 5.32 Å². The highest BCUT2D eigenvalue weighted by Crippen LogP contribution is 2.29. The van der Waals surface area contributed by atoms with Crippen LogP contribution in [0.3, 0.4) is 0 Å². The van der Waals surface area contributed by atoms with Gasteiger partial charge in [0.25, 0.3) is 0 Å². The largest absolute Gasteiger partial charge is 0.479 e. The van der Waals surface area contributed by atoms with Crippen LogP contribution in [0.2, 0.25) is 0 Å². The Morgan fingerprint density at radius 3 is 2.05 bits per heavy atom. The summed E-state index contributed by atoms with van der Waals surface area (Å²) in [5.41, 5.74) is 4.86. The van der Waals surface area contributed by atoms with Crippen molar-refractivity contribution < 1.29 is 14.7 Å². The second kappa shape index (κ2) is 5.63. The van der Waals surface area contributed by atoms with Crippen molar-refractivity contribution in [3.05, 3.63) is 35.9 Å². The molecule has 1 aromatic carbocycles. The average Bonchev–Trinajstić information content (AvgIpc) is 2.34. The number of carbonyl (C=O) groups is 2. The van der Waals surface area contributed by atoms with Crippen molar-refractivity contribution in [3.63, 3.8) is 0 Å². The van der Waals surface area contributed by atoms with E-state index in [4.69, 9.17) is 5.73 Å². The first kappa shape index (κ1) is 16.2. The van der Waals surface area contributed by atoms with Gasteiger partial charge in [-0.25, -0.2) is 4.79 Å². The van der Waals surface area contributed by atoms with Crippen molar-refractivity contribution in [1.82, 2.24) is 5.32 Å². The summed E-state index contributed by atoms with van der Waals surface area (Å²) in [6.45, 7) is 6.88. The number of benzene rings is 1. The van der Waals surface area contributed by atoms with Crippen LogP contribution in [-0.4, -0.2) is 22.5 Å². The summed E-state index contributed by atoms with van der Waals surface area (Å²) in [6, 6.07) is 7.51. The number of hydrogen-bond donors (Lipinski definition) is 3. The standard InChI is InChI=1S/C15H22N2O3/c1-14(2,15(3,4)16)13(20)17-11(12(18)19)10-8-6-5-7-9-10/h5-9,11H,16H2,1-4H3,(H,17,20)(H,18,19)/t11-/m0/s1. The van der Waals surface area contributed by atoms with Crippen LogP contribution in [0, 0.1) is 5.41 Å². The lowest BCUT2D eigenvalue weighted by atomic mass is 9.74. The Bertz CT molecular complexity index is 490. The highest BCUT2D eigenvalue weighted by molar-refractivity contribution is 5.88. The quantitative estimate of drug-likeness (QED) is 0.764. The third-order valence-electron chi connectivity index (χ3n) is 3.83. The molecular weight excluding hydrogens is 256 g/mol. The summed E-state index contributed by atoms with van der Waals surface area (Å²) >= 11 is 0. The van der Waals surface area contributed by atoms with E-state index in [9.17, 15) is 14.7 Å². The van der Waals surface area contributed by atoms with Crippen LogP contribution in [0.4, 0.5) is 0 Å². The zero-order valence-corrected chi connectivity index (χ0v) is 12.3. The number of rotatable bonds is 5. The molecule has 0 fully saturated rings. The van der Waals surface area contributed by atoms with E-state index >= 15 is 0 Å². The second-order valence-corrected chi connectivity index (χ2v) is 6.00. The van der Waals surface area contributed by atoms with Crippen LogP contribution in [-0.2, 0) is 9.59 Å². The van der Waals surface area contributed by atoms with Crippen molar-refractivity contribution in [1.29, 1.82) is 0 Å². The molecule has 0 unspecified atom stereocenters. The maximum Gasteiger partial charge on any atom is 0.330 e. The Morgan fingerprint density at radius 1 is 1.15 bits per heavy atom. The van der Waals surface area contributed by atoms with Gasteiger partial charge in [-0.1, -0.05) is 30.3 Å². The zero-order chi connectivity index (χ0) is 15.6. The van der Waals surface area contributed by atoms with E-state index in [1.807, 2.05) is 0 Å². The summed E-state index contributed by atoms with van der Waals surface area (Å²) < 4.78 is 0. The lowest BCUT2D eigenvalue weighted by Gasteiger charge is -2.37. The molecule has 0 aliphatic rings. The number of carbonyl (C=O) groups excluding carboxylic acids is 1. The smallest absolute Gasteiger partial charge is 0.330 e. The molecule has 5 heteroatoms. The van der Waals surface area contributed by atoms with Crippen LogP contribution in [0.5, 0.6) is 0 Å². The van der Waals surface area contributed by atoms with Crippen molar-refractivity contribution in [2.45, 2.75) is 39.3 Å². The lowest BCUT2D eigenvalue weighted by molar-refractivity contribution is -0.144. The van der Waals surface area contributed by atoms with Crippen LogP contribution < -0.4 is 11.1 Å². The average molecular weight is 278 g/mol. The Morgan fingerprint density at radius 2 is 1.65 bits per heavy atom. The van der Waals surface area contributed by atoms with Crippen molar-refractivity contribution >= 4 is 11.9 Å². The van der Waals surface area contributed by atoms with Crippen LogP contribution >= 0.6 is 0 Å². The van der Waals surface area contributed by atoms with Crippen LogP contribution in [0.1, 0.15) is 39.3 Å².